The minimum Gasteiger partial charge on any atom is -0.491 e. The minimum atomic E-state index is -0.903. The monoisotopic (exact) mass is 398 g/mol. The summed E-state index contributed by atoms with van der Waals surface area (Å²) in [5.74, 6) is 0.251. The molecule has 0 atom stereocenters. The van der Waals surface area contributed by atoms with Crippen LogP contribution in [0.1, 0.15) is 37.5 Å². The Bertz CT molecular complexity index is 885. The summed E-state index contributed by atoms with van der Waals surface area (Å²) in [7, 11) is 0. The maximum absolute atomic E-state index is 12.9. The minimum absolute atomic E-state index is 0.0159. The fourth-order valence-electron chi connectivity index (χ4n) is 3.68. The zero-order chi connectivity index (χ0) is 21.0. The van der Waals surface area contributed by atoms with Gasteiger partial charge in [0.25, 0.3) is 5.69 Å². The highest BCUT2D eigenvalue weighted by Gasteiger charge is 2.44. The Kier molecular flexibility index (Phi) is 6.17. The Morgan fingerprint density at radius 3 is 2.41 bits per heavy atom. The van der Waals surface area contributed by atoms with Crippen molar-refractivity contribution >= 4 is 11.7 Å². The third-order valence-corrected chi connectivity index (χ3v) is 5.00. The molecule has 0 aromatic heterocycles. The number of nitro benzene ring substituents is 1. The second kappa shape index (κ2) is 8.61. The highest BCUT2D eigenvalue weighted by atomic mass is 16.6. The van der Waals surface area contributed by atoms with Crippen molar-refractivity contribution in [2.75, 3.05) is 6.61 Å². The van der Waals surface area contributed by atoms with Crippen molar-refractivity contribution in [3.8, 4) is 5.75 Å². The molecule has 154 valence electrons. The summed E-state index contributed by atoms with van der Waals surface area (Å²) >= 11 is 0. The lowest BCUT2D eigenvalue weighted by Crippen LogP contribution is -2.53. The molecule has 2 aromatic carbocycles. The molecule has 1 aliphatic carbocycles. The molecule has 29 heavy (non-hydrogen) atoms. The van der Waals surface area contributed by atoms with Crippen LogP contribution in [0.25, 0.3) is 0 Å². The predicted octanol–water partition coefficient (Wildman–Crippen LogP) is 3.57. The van der Waals surface area contributed by atoms with Gasteiger partial charge in [-0.3, -0.25) is 20.2 Å². The van der Waals surface area contributed by atoms with Crippen molar-refractivity contribution in [3.63, 3.8) is 0 Å². The maximum atomic E-state index is 12.9. The Hall–Kier alpha value is -2.93. The number of nitrogens with zero attached hydrogens (tertiary/aromatic N) is 1. The number of carbonyl (C=O) groups is 1. The van der Waals surface area contributed by atoms with Gasteiger partial charge < -0.3 is 9.47 Å². The van der Waals surface area contributed by atoms with Crippen LogP contribution in [-0.4, -0.2) is 29.1 Å². The van der Waals surface area contributed by atoms with Gasteiger partial charge in [0, 0.05) is 37.1 Å². The van der Waals surface area contributed by atoms with E-state index in [0.29, 0.717) is 24.2 Å². The van der Waals surface area contributed by atoms with E-state index in [1.165, 1.54) is 12.1 Å². The van der Waals surface area contributed by atoms with Crippen molar-refractivity contribution in [2.45, 2.75) is 51.8 Å². The summed E-state index contributed by atoms with van der Waals surface area (Å²) in [5, 5.41) is 14.6. The Labute approximate surface area is 170 Å². The zero-order valence-corrected chi connectivity index (χ0v) is 16.9. The van der Waals surface area contributed by atoms with Gasteiger partial charge in [0.05, 0.1) is 17.6 Å². The number of non-ortho nitro benzene ring substituents is 1. The first kappa shape index (κ1) is 20.8. The number of benzene rings is 2. The van der Waals surface area contributed by atoms with Crippen LogP contribution in [0.4, 0.5) is 5.69 Å². The fourth-order valence-corrected chi connectivity index (χ4v) is 3.68. The molecule has 0 saturated carbocycles. The van der Waals surface area contributed by atoms with E-state index in [0.717, 1.165) is 11.1 Å². The summed E-state index contributed by atoms with van der Waals surface area (Å²) in [4.78, 5) is 23.7. The number of nitrogens with one attached hydrogen (secondary N) is 1. The fraction of sp³-hybridized carbons (Fsp3) is 0.409. The van der Waals surface area contributed by atoms with Gasteiger partial charge in [-0.1, -0.05) is 24.3 Å². The third-order valence-electron chi connectivity index (χ3n) is 5.00. The molecule has 1 N–H and O–H groups in total. The molecule has 7 nitrogen and oxygen atoms in total. The molecule has 0 bridgehead atoms. The molecule has 0 radical (unpaired) electrons. The number of carbonyl (C=O) groups excluding carboxylic acids is 1. The molecule has 0 saturated heterocycles. The van der Waals surface area contributed by atoms with Crippen molar-refractivity contribution in [1.29, 1.82) is 0 Å². The van der Waals surface area contributed by atoms with Gasteiger partial charge in [-0.15, -0.1) is 0 Å². The molecule has 0 aliphatic heterocycles. The molecule has 7 heteroatoms. The average Bonchev–Trinajstić information content (AvgIpc) is 3.07. The van der Waals surface area contributed by atoms with Crippen LogP contribution in [0, 0.1) is 10.1 Å². The molecule has 0 fully saturated rings. The van der Waals surface area contributed by atoms with Crippen LogP contribution in [0.3, 0.4) is 0 Å². The summed E-state index contributed by atoms with van der Waals surface area (Å²) in [6.07, 6.45) is 0.944. The van der Waals surface area contributed by atoms with Gasteiger partial charge >= 0.3 is 5.97 Å². The quantitative estimate of drug-likeness (QED) is 0.415. The van der Waals surface area contributed by atoms with Crippen molar-refractivity contribution in [2.24, 2.45) is 0 Å². The topological polar surface area (TPSA) is 90.7 Å². The first-order chi connectivity index (χ1) is 13.8. The largest absolute Gasteiger partial charge is 0.491 e. The lowest BCUT2D eigenvalue weighted by atomic mass is 9.95. The lowest BCUT2D eigenvalue weighted by molar-refractivity contribution is -0.384. The molecule has 3 rings (SSSR count). The van der Waals surface area contributed by atoms with Crippen molar-refractivity contribution < 1.29 is 19.2 Å². The Morgan fingerprint density at radius 1 is 1.21 bits per heavy atom. The Morgan fingerprint density at radius 2 is 1.86 bits per heavy atom. The summed E-state index contributed by atoms with van der Waals surface area (Å²) < 4.78 is 11.2. The van der Waals surface area contributed by atoms with E-state index >= 15 is 0 Å². The second-order valence-corrected chi connectivity index (χ2v) is 7.49. The first-order valence-electron chi connectivity index (χ1n) is 9.77. The highest BCUT2D eigenvalue weighted by Crippen LogP contribution is 2.33. The summed E-state index contributed by atoms with van der Waals surface area (Å²) in [6, 6.07) is 12.5. The van der Waals surface area contributed by atoms with Crippen LogP contribution >= 0.6 is 0 Å². The van der Waals surface area contributed by atoms with Gasteiger partial charge in [-0.2, -0.15) is 0 Å². The van der Waals surface area contributed by atoms with Gasteiger partial charge in [-0.05, 0) is 38.0 Å². The van der Waals surface area contributed by atoms with Crippen molar-refractivity contribution in [3.05, 3.63) is 69.3 Å². The number of nitro groups is 1. The normalized spacial score (nSPS) is 14.5. The summed E-state index contributed by atoms with van der Waals surface area (Å²) in [6.45, 7) is 6.11. The number of hydrogen-bond acceptors (Lipinski definition) is 6. The van der Waals surface area contributed by atoms with E-state index in [4.69, 9.17) is 9.47 Å². The Balaban J connectivity index is 1.89. The van der Waals surface area contributed by atoms with Crippen LogP contribution in [0.2, 0.25) is 0 Å². The first-order valence-corrected chi connectivity index (χ1v) is 9.77. The SMILES string of the molecule is CCOC(=O)C1(NCc2cc([N+](=O)[O-])ccc2OC(C)C)Cc2ccccc2C1. The second-order valence-electron chi connectivity index (χ2n) is 7.49. The molecular formula is C22H26N2O5. The van der Waals surface area contributed by atoms with Crippen LogP contribution < -0.4 is 10.1 Å². The predicted molar refractivity (Wildman–Crippen MR) is 109 cm³/mol. The summed E-state index contributed by atoms with van der Waals surface area (Å²) in [5.41, 5.74) is 1.92. The average molecular weight is 398 g/mol. The number of rotatable bonds is 8. The molecular weight excluding hydrogens is 372 g/mol. The molecule has 2 aromatic rings. The van der Waals surface area contributed by atoms with E-state index in [1.54, 1.807) is 13.0 Å². The van der Waals surface area contributed by atoms with E-state index in [9.17, 15) is 14.9 Å². The van der Waals surface area contributed by atoms with E-state index in [2.05, 4.69) is 5.32 Å². The van der Waals surface area contributed by atoms with Crippen LogP contribution in [-0.2, 0) is 28.9 Å². The van der Waals surface area contributed by atoms with Gasteiger partial charge in [0.15, 0.2) is 0 Å². The standard InChI is InChI=1S/C22H26N2O5/c1-4-28-21(25)22(12-16-7-5-6-8-17(16)13-22)23-14-18-11-19(24(26)27)9-10-20(18)29-15(2)3/h5-11,15,23H,4,12-14H2,1-3H3. The number of hydrogen-bond donors (Lipinski definition) is 1. The van der Waals surface area contributed by atoms with E-state index in [-0.39, 0.29) is 30.9 Å². The molecule has 0 amide bonds. The van der Waals surface area contributed by atoms with Crippen LogP contribution in [0.5, 0.6) is 5.75 Å². The van der Waals surface area contributed by atoms with E-state index < -0.39 is 10.5 Å². The maximum Gasteiger partial charge on any atom is 0.327 e. The number of fused-ring (bicyclic) bond motifs is 1. The highest BCUT2D eigenvalue weighted by molar-refractivity contribution is 5.83. The zero-order valence-electron chi connectivity index (χ0n) is 16.9. The van der Waals surface area contributed by atoms with E-state index in [1.807, 2.05) is 38.1 Å². The number of esters is 1. The smallest absolute Gasteiger partial charge is 0.327 e. The third kappa shape index (κ3) is 4.56. The molecule has 0 heterocycles. The van der Waals surface area contributed by atoms with Crippen molar-refractivity contribution in [1.82, 2.24) is 5.32 Å². The number of ether oxygens (including phenoxy) is 2. The van der Waals surface area contributed by atoms with Gasteiger partial charge in [0.1, 0.15) is 11.3 Å². The lowest BCUT2D eigenvalue weighted by Gasteiger charge is -2.28. The molecule has 0 spiro atoms. The molecule has 1 aliphatic rings. The van der Waals surface area contributed by atoms with Gasteiger partial charge in [0.2, 0.25) is 0 Å². The van der Waals surface area contributed by atoms with Crippen LogP contribution in [0.15, 0.2) is 42.5 Å². The van der Waals surface area contributed by atoms with Gasteiger partial charge in [-0.25, -0.2) is 0 Å². The molecule has 0 unspecified atom stereocenters.